The maximum Gasteiger partial charge on any atom is 0.223 e. The molecule has 3 heteroatoms. The molecule has 0 bridgehead atoms. The van der Waals surface area contributed by atoms with Crippen molar-refractivity contribution in [3.8, 4) is 0 Å². The van der Waals surface area contributed by atoms with Crippen molar-refractivity contribution in [1.29, 1.82) is 0 Å². The van der Waals surface area contributed by atoms with Gasteiger partial charge >= 0.3 is 0 Å². The van der Waals surface area contributed by atoms with Gasteiger partial charge in [0, 0.05) is 17.0 Å². The fourth-order valence-electron chi connectivity index (χ4n) is 2.83. The molecule has 2 N–H and O–H groups in total. The SMILES string of the molecule is C[C@@H]1CC(C)(C)NC1=O.C[C@H]1CNC(C)(C)C1. The molecule has 0 radical (unpaired) electrons. The summed E-state index contributed by atoms with van der Waals surface area (Å²) in [7, 11) is 0. The van der Waals surface area contributed by atoms with Gasteiger partial charge in [0.15, 0.2) is 0 Å². The summed E-state index contributed by atoms with van der Waals surface area (Å²) >= 11 is 0. The second-order valence-corrected chi connectivity index (χ2v) is 7.05. The Hall–Kier alpha value is -0.570. The first-order valence-corrected chi connectivity index (χ1v) is 6.68. The Morgan fingerprint density at radius 1 is 1.06 bits per heavy atom. The zero-order chi connectivity index (χ0) is 13.3. The Labute approximate surface area is 106 Å². The lowest BCUT2D eigenvalue weighted by atomic mass is 9.98. The van der Waals surface area contributed by atoms with E-state index in [2.05, 4.69) is 45.3 Å². The van der Waals surface area contributed by atoms with Crippen molar-refractivity contribution >= 4 is 5.91 Å². The number of amides is 1. The highest BCUT2D eigenvalue weighted by atomic mass is 16.2. The summed E-state index contributed by atoms with van der Waals surface area (Å²) in [4.78, 5) is 10.9. The molecule has 1 amide bonds. The molecule has 2 heterocycles. The van der Waals surface area contributed by atoms with Crippen molar-refractivity contribution in [3.63, 3.8) is 0 Å². The van der Waals surface area contributed by atoms with Gasteiger partial charge in [-0.3, -0.25) is 4.79 Å². The first kappa shape index (κ1) is 14.5. The second kappa shape index (κ2) is 4.97. The van der Waals surface area contributed by atoms with E-state index in [1.54, 1.807) is 0 Å². The minimum atomic E-state index is 0.0382. The highest BCUT2D eigenvalue weighted by Crippen LogP contribution is 2.23. The molecule has 2 aliphatic heterocycles. The van der Waals surface area contributed by atoms with Crippen LogP contribution in [0.3, 0.4) is 0 Å². The Morgan fingerprint density at radius 2 is 1.65 bits per heavy atom. The van der Waals surface area contributed by atoms with Crippen LogP contribution >= 0.6 is 0 Å². The average Bonchev–Trinajstić information content (AvgIpc) is 2.53. The number of rotatable bonds is 0. The van der Waals surface area contributed by atoms with Crippen molar-refractivity contribution in [2.45, 2.75) is 65.5 Å². The smallest absolute Gasteiger partial charge is 0.223 e. The van der Waals surface area contributed by atoms with E-state index >= 15 is 0 Å². The first-order chi connectivity index (χ1) is 7.61. The third kappa shape index (κ3) is 4.66. The summed E-state index contributed by atoms with van der Waals surface area (Å²) in [6.45, 7) is 14.1. The van der Waals surface area contributed by atoms with E-state index < -0.39 is 0 Å². The van der Waals surface area contributed by atoms with Gasteiger partial charge in [-0.25, -0.2) is 0 Å². The van der Waals surface area contributed by atoms with Crippen LogP contribution in [0, 0.1) is 11.8 Å². The first-order valence-electron chi connectivity index (χ1n) is 6.68. The standard InChI is InChI=1S/C7H13NO.C7H15N/c1-5-4-7(2,3)8-6(5)9;1-6-4-7(2,3)8-5-6/h5H,4H2,1-3H3,(H,8,9);6,8H,4-5H2,1-3H3/t5-;6-/m11/s1. The number of carbonyl (C=O) groups excluding carboxylic acids is 1. The van der Waals surface area contributed by atoms with Gasteiger partial charge in [0.1, 0.15) is 0 Å². The lowest BCUT2D eigenvalue weighted by molar-refractivity contribution is -0.122. The molecule has 0 aliphatic carbocycles. The number of hydrogen-bond acceptors (Lipinski definition) is 2. The molecular weight excluding hydrogens is 212 g/mol. The molecule has 2 rings (SSSR count). The minimum absolute atomic E-state index is 0.0382. The predicted molar refractivity (Wildman–Crippen MR) is 71.9 cm³/mol. The Kier molecular flexibility index (Phi) is 4.23. The Bertz CT molecular complexity index is 284. The summed E-state index contributed by atoms with van der Waals surface area (Å²) in [6, 6.07) is 0. The molecule has 0 spiro atoms. The van der Waals surface area contributed by atoms with Gasteiger partial charge in [0.25, 0.3) is 0 Å². The molecule has 0 aromatic heterocycles. The highest BCUT2D eigenvalue weighted by molar-refractivity contribution is 5.81. The predicted octanol–water partition coefficient (Wildman–Crippen LogP) is 2.32. The quantitative estimate of drug-likeness (QED) is 0.682. The van der Waals surface area contributed by atoms with Crippen LogP contribution in [-0.2, 0) is 4.79 Å². The maximum atomic E-state index is 10.9. The van der Waals surface area contributed by atoms with E-state index in [-0.39, 0.29) is 17.4 Å². The number of carbonyl (C=O) groups is 1. The van der Waals surface area contributed by atoms with Gasteiger partial charge in [-0.2, -0.15) is 0 Å². The summed E-state index contributed by atoms with van der Waals surface area (Å²) in [6.07, 6.45) is 2.29. The van der Waals surface area contributed by atoms with Crippen LogP contribution < -0.4 is 10.6 Å². The topological polar surface area (TPSA) is 41.1 Å². The molecule has 2 atom stereocenters. The minimum Gasteiger partial charge on any atom is -0.351 e. The van der Waals surface area contributed by atoms with Crippen LogP contribution in [-0.4, -0.2) is 23.5 Å². The van der Waals surface area contributed by atoms with Gasteiger partial charge < -0.3 is 10.6 Å². The van der Waals surface area contributed by atoms with Gasteiger partial charge in [-0.1, -0.05) is 13.8 Å². The van der Waals surface area contributed by atoms with Crippen molar-refractivity contribution in [2.24, 2.45) is 11.8 Å². The van der Waals surface area contributed by atoms with Crippen LogP contribution in [0.25, 0.3) is 0 Å². The fraction of sp³-hybridized carbons (Fsp3) is 0.929. The van der Waals surface area contributed by atoms with Crippen molar-refractivity contribution in [3.05, 3.63) is 0 Å². The summed E-state index contributed by atoms with van der Waals surface area (Å²) in [5.41, 5.74) is 0.454. The maximum absolute atomic E-state index is 10.9. The van der Waals surface area contributed by atoms with Gasteiger partial charge in [0.05, 0.1) is 0 Å². The number of hydrogen-bond donors (Lipinski definition) is 2. The Morgan fingerprint density at radius 3 is 1.76 bits per heavy atom. The van der Waals surface area contributed by atoms with Gasteiger partial charge in [-0.15, -0.1) is 0 Å². The molecule has 0 saturated carbocycles. The highest BCUT2D eigenvalue weighted by Gasteiger charge is 2.33. The molecule has 0 aromatic rings. The van der Waals surface area contributed by atoms with Crippen LogP contribution in [0.4, 0.5) is 0 Å². The molecular formula is C14H28N2O. The van der Waals surface area contributed by atoms with Crippen molar-refractivity contribution in [2.75, 3.05) is 6.54 Å². The van der Waals surface area contributed by atoms with Crippen LogP contribution in [0.2, 0.25) is 0 Å². The molecule has 2 fully saturated rings. The van der Waals surface area contributed by atoms with E-state index in [9.17, 15) is 4.79 Å². The largest absolute Gasteiger partial charge is 0.351 e. The molecule has 100 valence electrons. The third-order valence-corrected chi connectivity index (χ3v) is 3.51. The third-order valence-electron chi connectivity index (χ3n) is 3.51. The molecule has 3 nitrogen and oxygen atoms in total. The second-order valence-electron chi connectivity index (χ2n) is 7.05. The van der Waals surface area contributed by atoms with E-state index in [0.29, 0.717) is 5.54 Å². The van der Waals surface area contributed by atoms with E-state index in [1.807, 2.05) is 6.92 Å². The zero-order valence-corrected chi connectivity index (χ0v) is 12.2. The molecule has 17 heavy (non-hydrogen) atoms. The zero-order valence-electron chi connectivity index (χ0n) is 12.2. The molecule has 2 aliphatic rings. The molecule has 0 unspecified atom stereocenters. The van der Waals surface area contributed by atoms with Gasteiger partial charge in [0.2, 0.25) is 5.91 Å². The number of nitrogens with one attached hydrogen (secondary N) is 2. The molecule has 0 aromatic carbocycles. The van der Waals surface area contributed by atoms with Crippen LogP contribution in [0.15, 0.2) is 0 Å². The van der Waals surface area contributed by atoms with E-state index in [0.717, 1.165) is 12.3 Å². The lowest BCUT2D eigenvalue weighted by Gasteiger charge is -2.16. The van der Waals surface area contributed by atoms with E-state index in [4.69, 9.17) is 0 Å². The van der Waals surface area contributed by atoms with Crippen molar-refractivity contribution in [1.82, 2.24) is 10.6 Å². The normalized spacial score (nSPS) is 33.9. The van der Waals surface area contributed by atoms with Crippen LogP contribution in [0.1, 0.15) is 54.4 Å². The monoisotopic (exact) mass is 240 g/mol. The van der Waals surface area contributed by atoms with Crippen LogP contribution in [0.5, 0.6) is 0 Å². The summed E-state index contributed by atoms with van der Waals surface area (Å²) < 4.78 is 0. The summed E-state index contributed by atoms with van der Waals surface area (Å²) in [5, 5.41) is 6.35. The van der Waals surface area contributed by atoms with E-state index in [1.165, 1.54) is 13.0 Å². The molecule has 2 saturated heterocycles. The van der Waals surface area contributed by atoms with Crippen molar-refractivity contribution < 1.29 is 4.79 Å². The lowest BCUT2D eigenvalue weighted by Crippen LogP contribution is -2.34. The summed E-state index contributed by atoms with van der Waals surface area (Å²) in [5.74, 6) is 1.28. The van der Waals surface area contributed by atoms with Gasteiger partial charge in [-0.05, 0) is 53.0 Å². The fourth-order valence-corrected chi connectivity index (χ4v) is 2.83. The Balaban J connectivity index is 0.000000171. The average molecular weight is 240 g/mol.